The van der Waals surface area contributed by atoms with Crippen LogP contribution in [-0.4, -0.2) is 68.2 Å². The number of hydrogen-bond donors (Lipinski definition) is 1. The Morgan fingerprint density at radius 1 is 1.26 bits per heavy atom. The Labute approximate surface area is 117 Å². The molecule has 1 aliphatic heterocycles. The normalized spacial score (nSPS) is 19.5. The van der Waals surface area contributed by atoms with E-state index in [2.05, 4.69) is 18.7 Å². The van der Waals surface area contributed by atoms with Gasteiger partial charge in [0.15, 0.2) is 0 Å². The van der Waals surface area contributed by atoms with Gasteiger partial charge in [-0.05, 0) is 25.3 Å². The molecule has 1 unspecified atom stereocenters. The van der Waals surface area contributed by atoms with Gasteiger partial charge in [-0.3, -0.25) is 9.69 Å². The second kappa shape index (κ2) is 8.51. The van der Waals surface area contributed by atoms with Crippen LogP contribution in [0.4, 0.5) is 0 Å². The largest absolute Gasteiger partial charge is 0.383 e. The molecule has 1 rings (SSSR count). The lowest BCUT2D eigenvalue weighted by atomic mass is 10.0. The van der Waals surface area contributed by atoms with E-state index in [0.29, 0.717) is 5.92 Å². The molecule has 1 amide bonds. The fraction of sp³-hybridized carbons (Fsp3) is 0.929. The molecule has 112 valence electrons. The zero-order valence-electron chi connectivity index (χ0n) is 12.6. The molecule has 19 heavy (non-hydrogen) atoms. The van der Waals surface area contributed by atoms with Gasteiger partial charge >= 0.3 is 0 Å². The quantitative estimate of drug-likeness (QED) is 0.766. The van der Waals surface area contributed by atoms with E-state index in [9.17, 15) is 4.79 Å². The van der Waals surface area contributed by atoms with Gasteiger partial charge in [0.2, 0.25) is 5.91 Å². The van der Waals surface area contributed by atoms with Crippen LogP contribution in [0, 0.1) is 5.92 Å². The van der Waals surface area contributed by atoms with Gasteiger partial charge in [-0.25, -0.2) is 0 Å². The molecule has 1 atom stereocenters. The number of ether oxygens (including phenoxy) is 1. The second-order valence-electron chi connectivity index (χ2n) is 5.75. The van der Waals surface area contributed by atoms with E-state index >= 15 is 0 Å². The summed E-state index contributed by atoms with van der Waals surface area (Å²) in [5.41, 5.74) is 5.99. The highest BCUT2D eigenvalue weighted by atomic mass is 16.5. The first-order chi connectivity index (χ1) is 9.04. The zero-order chi connectivity index (χ0) is 14.3. The van der Waals surface area contributed by atoms with E-state index in [-0.39, 0.29) is 11.9 Å². The van der Waals surface area contributed by atoms with Gasteiger partial charge in [-0.1, -0.05) is 13.8 Å². The van der Waals surface area contributed by atoms with Gasteiger partial charge in [-0.2, -0.15) is 0 Å². The minimum Gasteiger partial charge on any atom is -0.383 e. The molecule has 0 aromatic carbocycles. The third-order valence-corrected chi connectivity index (χ3v) is 3.55. The van der Waals surface area contributed by atoms with Crippen LogP contribution in [0.5, 0.6) is 0 Å². The van der Waals surface area contributed by atoms with E-state index < -0.39 is 0 Å². The summed E-state index contributed by atoms with van der Waals surface area (Å²) < 4.78 is 5.10. The summed E-state index contributed by atoms with van der Waals surface area (Å²) in [6, 6.07) is -0.342. The highest BCUT2D eigenvalue weighted by Gasteiger charge is 2.23. The number of amides is 1. The third kappa shape index (κ3) is 5.89. The lowest BCUT2D eigenvalue weighted by Gasteiger charge is -2.25. The van der Waals surface area contributed by atoms with Crippen LogP contribution < -0.4 is 5.73 Å². The van der Waals surface area contributed by atoms with Crippen LogP contribution in [0.3, 0.4) is 0 Å². The van der Waals surface area contributed by atoms with Crippen molar-refractivity contribution < 1.29 is 9.53 Å². The van der Waals surface area contributed by atoms with Gasteiger partial charge < -0.3 is 15.4 Å². The van der Waals surface area contributed by atoms with E-state index in [1.165, 1.54) is 0 Å². The first-order valence-electron chi connectivity index (χ1n) is 7.30. The maximum absolute atomic E-state index is 12.3. The van der Waals surface area contributed by atoms with Gasteiger partial charge in [-0.15, -0.1) is 0 Å². The summed E-state index contributed by atoms with van der Waals surface area (Å²) in [7, 11) is 1.72. The lowest BCUT2D eigenvalue weighted by Crippen LogP contribution is -2.45. The number of carbonyl (C=O) groups excluding carboxylic acids is 1. The van der Waals surface area contributed by atoms with Crippen molar-refractivity contribution in [1.29, 1.82) is 0 Å². The van der Waals surface area contributed by atoms with Crippen molar-refractivity contribution in [3.05, 3.63) is 0 Å². The minimum absolute atomic E-state index is 0.113. The summed E-state index contributed by atoms with van der Waals surface area (Å²) in [5, 5.41) is 0. The molecular weight excluding hydrogens is 242 g/mol. The number of methoxy groups -OCH3 is 1. The van der Waals surface area contributed by atoms with E-state index in [0.717, 1.165) is 52.2 Å². The molecule has 1 saturated heterocycles. The summed E-state index contributed by atoms with van der Waals surface area (Å²) in [6.45, 7) is 9.46. The molecule has 0 radical (unpaired) electrons. The van der Waals surface area contributed by atoms with Crippen molar-refractivity contribution in [2.75, 3.05) is 46.4 Å². The average molecular weight is 271 g/mol. The molecular formula is C14H29N3O2. The maximum Gasteiger partial charge on any atom is 0.239 e. The van der Waals surface area contributed by atoms with Crippen molar-refractivity contribution >= 4 is 5.91 Å². The van der Waals surface area contributed by atoms with Gasteiger partial charge in [0.25, 0.3) is 0 Å². The van der Waals surface area contributed by atoms with Crippen LogP contribution in [0.25, 0.3) is 0 Å². The summed E-state index contributed by atoms with van der Waals surface area (Å²) >= 11 is 0. The highest BCUT2D eigenvalue weighted by molar-refractivity contribution is 5.81. The first kappa shape index (κ1) is 16.4. The van der Waals surface area contributed by atoms with Crippen molar-refractivity contribution in [2.45, 2.75) is 32.7 Å². The zero-order valence-corrected chi connectivity index (χ0v) is 12.6. The maximum atomic E-state index is 12.3. The second-order valence-corrected chi connectivity index (χ2v) is 5.75. The van der Waals surface area contributed by atoms with Crippen LogP contribution >= 0.6 is 0 Å². The molecule has 0 bridgehead atoms. The number of nitrogens with zero attached hydrogens (tertiary/aromatic N) is 2. The molecule has 0 aromatic heterocycles. The van der Waals surface area contributed by atoms with E-state index in [1.54, 1.807) is 7.11 Å². The summed E-state index contributed by atoms with van der Waals surface area (Å²) in [6.07, 6.45) is 1.78. The van der Waals surface area contributed by atoms with Crippen molar-refractivity contribution in [3.63, 3.8) is 0 Å². The van der Waals surface area contributed by atoms with Gasteiger partial charge in [0.05, 0.1) is 12.6 Å². The highest BCUT2D eigenvalue weighted by Crippen LogP contribution is 2.09. The molecule has 0 saturated carbocycles. The molecule has 1 fully saturated rings. The number of rotatable bonds is 6. The van der Waals surface area contributed by atoms with Crippen LogP contribution in [0.2, 0.25) is 0 Å². The molecule has 0 spiro atoms. The number of nitrogens with two attached hydrogens (primary N) is 1. The Hall–Kier alpha value is -0.650. The fourth-order valence-corrected chi connectivity index (χ4v) is 2.48. The predicted molar refractivity (Wildman–Crippen MR) is 76.9 cm³/mol. The third-order valence-electron chi connectivity index (χ3n) is 3.55. The monoisotopic (exact) mass is 271 g/mol. The van der Waals surface area contributed by atoms with Crippen LogP contribution in [0.1, 0.15) is 26.7 Å². The standard InChI is InChI=1S/C14H29N3O2/c1-12(2)11-13(15)14(18)17-6-4-5-16(7-8-17)9-10-19-3/h12-13H,4-11,15H2,1-3H3. The Morgan fingerprint density at radius 2 is 2.00 bits per heavy atom. The Balaban J connectivity index is 2.41. The molecule has 0 aromatic rings. The number of hydrogen-bond acceptors (Lipinski definition) is 4. The summed E-state index contributed by atoms with van der Waals surface area (Å²) in [5.74, 6) is 0.575. The minimum atomic E-state index is -0.342. The fourth-order valence-electron chi connectivity index (χ4n) is 2.48. The Morgan fingerprint density at radius 3 is 2.63 bits per heavy atom. The molecule has 1 heterocycles. The number of carbonyl (C=O) groups is 1. The predicted octanol–water partition coefficient (Wildman–Crippen LogP) is 0.541. The molecule has 0 aliphatic carbocycles. The Kier molecular flexibility index (Phi) is 7.34. The first-order valence-corrected chi connectivity index (χ1v) is 7.30. The lowest BCUT2D eigenvalue weighted by molar-refractivity contribution is -0.132. The molecule has 5 nitrogen and oxygen atoms in total. The SMILES string of the molecule is COCCN1CCCN(C(=O)C(N)CC(C)C)CC1. The molecule has 2 N–H and O–H groups in total. The topological polar surface area (TPSA) is 58.8 Å². The smallest absolute Gasteiger partial charge is 0.239 e. The Bertz CT molecular complexity index is 271. The van der Waals surface area contributed by atoms with Crippen LogP contribution in [0.15, 0.2) is 0 Å². The van der Waals surface area contributed by atoms with Gasteiger partial charge in [0.1, 0.15) is 0 Å². The van der Waals surface area contributed by atoms with E-state index in [1.807, 2.05) is 4.90 Å². The molecule has 5 heteroatoms. The molecule has 1 aliphatic rings. The van der Waals surface area contributed by atoms with Crippen molar-refractivity contribution in [2.24, 2.45) is 11.7 Å². The average Bonchev–Trinajstić information content (AvgIpc) is 2.60. The van der Waals surface area contributed by atoms with Crippen molar-refractivity contribution in [1.82, 2.24) is 9.80 Å². The van der Waals surface area contributed by atoms with Crippen LogP contribution in [-0.2, 0) is 9.53 Å². The van der Waals surface area contributed by atoms with E-state index in [4.69, 9.17) is 10.5 Å². The van der Waals surface area contributed by atoms with Crippen molar-refractivity contribution in [3.8, 4) is 0 Å². The summed E-state index contributed by atoms with van der Waals surface area (Å²) in [4.78, 5) is 16.5. The van der Waals surface area contributed by atoms with Gasteiger partial charge in [0, 0.05) is 33.3 Å².